The molecule has 4 nitrogen and oxygen atoms in total. The SMILES string of the molecule is C[C](C)CN1CCN(C(N)=O)CC1. The highest BCUT2D eigenvalue weighted by atomic mass is 16.2. The topological polar surface area (TPSA) is 49.6 Å². The number of nitrogens with zero attached hydrogens (tertiary/aromatic N) is 2. The first kappa shape index (κ1) is 10.3. The lowest BCUT2D eigenvalue weighted by atomic mass is 10.2. The molecule has 75 valence electrons. The summed E-state index contributed by atoms with van der Waals surface area (Å²) in [5, 5.41) is 0. The highest BCUT2D eigenvalue weighted by Gasteiger charge is 2.19. The lowest BCUT2D eigenvalue weighted by Gasteiger charge is -2.34. The fraction of sp³-hybridized carbons (Fsp3) is 0.778. The Labute approximate surface area is 79.7 Å². The number of hydrogen-bond donors (Lipinski definition) is 1. The van der Waals surface area contributed by atoms with Crippen molar-refractivity contribution in [2.45, 2.75) is 13.8 Å². The minimum absolute atomic E-state index is 0.295. The predicted molar refractivity (Wildman–Crippen MR) is 52.2 cm³/mol. The summed E-state index contributed by atoms with van der Waals surface area (Å²) in [6.07, 6.45) is 0. The lowest BCUT2D eigenvalue weighted by molar-refractivity contribution is 0.148. The second kappa shape index (κ2) is 4.46. The summed E-state index contributed by atoms with van der Waals surface area (Å²) < 4.78 is 0. The van der Waals surface area contributed by atoms with Gasteiger partial charge in [-0.2, -0.15) is 0 Å². The highest BCUT2D eigenvalue weighted by molar-refractivity contribution is 5.72. The van der Waals surface area contributed by atoms with E-state index in [0.717, 1.165) is 32.7 Å². The van der Waals surface area contributed by atoms with E-state index in [2.05, 4.69) is 18.7 Å². The number of hydrogen-bond acceptors (Lipinski definition) is 2. The molecule has 4 heteroatoms. The summed E-state index contributed by atoms with van der Waals surface area (Å²) in [6.45, 7) is 8.70. The van der Waals surface area contributed by atoms with Crippen LogP contribution in [0.2, 0.25) is 0 Å². The number of amides is 2. The number of carbonyl (C=O) groups is 1. The molecule has 0 atom stereocenters. The van der Waals surface area contributed by atoms with E-state index >= 15 is 0 Å². The molecule has 1 radical (unpaired) electrons. The predicted octanol–water partition coefficient (Wildman–Crippen LogP) is 0.297. The number of primary amides is 1. The van der Waals surface area contributed by atoms with Crippen molar-refractivity contribution in [1.82, 2.24) is 9.80 Å². The summed E-state index contributed by atoms with van der Waals surface area (Å²) >= 11 is 0. The largest absolute Gasteiger partial charge is 0.351 e. The van der Waals surface area contributed by atoms with Gasteiger partial charge in [-0.3, -0.25) is 4.90 Å². The van der Waals surface area contributed by atoms with E-state index in [4.69, 9.17) is 5.73 Å². The zero-order valence-corrected chi connectivity index (χ0v) is 8.42. The molecule has 0 bridgehead atoms. The molecule has 0 aromatic rings. The molecule has 0 aliphatic carbocycles. The quantitative estimate of drug-likeness (QED) is 0.671. The van der Waals surface area contributed by atoms with Gasteiger partial charge in [0.2, 0.25) is 0 Å². The molecule has 1 fully saturated rings. The monoisotopic (exact) mass is 184 g/mol. The van der Waals surface area contributed by atoms with Crippen LogP contribution in [-0.2, 0) is 0 Å². The van der Waals surface area contributed by atoms with Gasteiger partial charge in [0.05, 0.1) is 0 Å². The summed E-state index contributed by atoms with van der Waals surface area (Å²) in [5.41, 5.74) is 5.18. The summed E-state index contributed by atoms with van der Waals surface area (Å²) in [7, 11) is 0. The van der Waals surface area contributed by atoms with Crippen LogP contribution in [0, 0.1) is 5.92 Å². The van der Waals surface area contributed by atoms with Gasteiger partial charge < -0.3 is 10.6 Å². The van der Waals surface area contributed by atoms with Crippen molar-refractivity contribution in [2.24, 2.45) is 5.73 Å². The van der Waals surface area contributed by atoms with E-state index in [9.17, 15) is 4.79 Å². The van der Waals surface area contributed by atoms with Gasteiger partial charge in [-0.15, -0.1) is 0 Å². The van der Waals surface area contributed by atoms with Gasteiger partial charge in [0, 0.05) is 32.7 Å². The van der Waals surface area contributed by atoms with E-state index in [0.29, 0.717) is 0 Å². The van der Waals surface area contributed by atoms with Crippen LogP contribution in [0.1, 0.15) is 13.8 Å². The molecule has 1 saturated heterocycles. The Morgan fingerprint density at radius 1 is 1.23 bits per heavy atom. The highest BCUT2D eigenvalue weighted by Crippen LogP contribution is 2.05. The average Bonchev–Trinajstić information content (AvgIpc) is 2.04. The smallest absolute Gasteiger partial charge is 0.314 e. The fourth-order valence-corrected chi connectivity index (χ4v) is 1.57. The first-order valence-electron chi connectivity index (χ1n) is 4.65. The Kier molecular flexibility index (Phi) is 3.54. The van der Waals surface area contributed by atoms with Crippen LogP contribution in [0.15, 0.2) is 0 Å². The minimum atomic E-state index is -0.295. The van der Waals surface area contributed by atoms with Crippen LogP contribution in [0.5, 0.6) is 0 Å². The van der Waals surface area contributed by atoms with E-state index in [1.165, 1.54) is 5.92 Å². The molecule has 2 N–H and O–H groups in total. The molecule has 0 spiro atoms. The summed E-state index contributed by atoms with van der Waals surface area (Å²) in [6, 6.07) is -0.295. The van der Waals surface area contributed by atoms with Crippen molar-refractivity contribution >= 4 is 6.03 Å². The molecule has 0 aromatic heterocycles. The van der Waals surface area contributed by atoms with E-state index in [1.54, 1.807) is 4.90 Å². The Balaban J connectivity index is 2.26. The molecule has 0 unspecified atom stereocenters. The number of carbonyl (C=O) groups excluding carboxylic acids is 1. The number of nitrogens with two attached hydrogens (primary N) is 1. The Bertz CT molecular complexity index is 174. The van der Waals surface area contributed by atoms with Crippen molar-refractivity contribution in [3.8, 4) is 0 Å². The van der Waals surface area contributed by atoms with Gasteiger partial charge >= 0.3 is 6.03 Å². The minimum Gasteiger partial charge on any atom is -0.351 e. The molecule has 1 heterocycles. The van der Waals surface area contributed by atoms with Crippen LogP contribution in [-0.4, -0.2) is 48.6 Å². The van der Waals surface area contributed by atoms with Gasteiger partial charge in [0.1, 0.15) is 0 Å². The second-order valence-electron chi connectivity index (χ2n) is 3.81. The maximum atomic E-state index is 10.8. The van der Waals surface area contributed by atoms with Gasteiger partial charge in [-0.1, -0.05) is 13.8 Å². The zero-order valence-electron chi connectivity index (χ0n) is 8.42. The van der Waals surface area contributed by atoms with Crippen LogP contribution >= 0.6 is 0 Å². The third-order valence-electron chi connectivity index (χ3n) is 2.22. The van der Waals surface area contributed by atoms with Crippen LogP contribution < -0.4 is 5.73 Å². The lowest BCUT2D eigenvalue weighted by Crippen LogP contribution is -2.50. The molecule has 1 aliphatic heterocycles. The summed E-state index contributed by atoms with van der Waals surface area (Å²) in [5.74, 6) is 1.41. The zero-order chi connectivity index (χ0) is 9.84. The molecule has 0 aromatic carbocycles. The van der Waals surface area contributed by atoms with Crippen LogP contribution in [0.4, 0.5) is 4.79 Å². The molecule has 0 saturated carbocycles. The Morgan fingerprint density at radius 2 is 1.77 bits per heavy atom. The maximum Gasteiger partial charge on any atom is 0.314 e. The molecule has 2 amide bonds. The normalized spacial score (nSPS) is 19.5. The maximum absolute atomic E-state index is 10.8. The molecule has 1 rings (SSSR count). The third-order valence-corrected chi connectivity index (χ3v) is 2.22. The van der Waals surface area contributed by atoms with Gasteiger partial charge in [-0.05, 0) is 5.92 Å². The van der Waals surface area contributed by atoms with Crippen molar-refractivity contribution in [3.63, 3.8) is 0 Å². The van der Waals surface area contributed by atoms with Crippen molar-refractivity contribution in [1.29, 1.82) is 0 Å². The number of rotatable bonds is 2. The van der Waals surface area contributed by atoms with Gasteiger partial charge in [0.25, 0.3) is 0 Å². The van der Waals surface area contributed by atoms with Crippen molar-refractivity contribution < 1.29 is 4.79 Å². The number of piperazine rings is 1. The van der Waals surface area contributed by atoms with E-state index in [1.807, 2.05) is 0 Å². The van der Waals surface area contributed by atoms with E-state index in [-0.39, 0.29) is 6.03 Å². The van der Waals surface area contributed by atoms with Crippen molar-refractivity contribution in [2.75, 3.05) is 32.7 Å². The number of urea groups is 1. The molecular formula is C9H18N3O. The van der Waals surface area contributed by atoms with Gasteiger partial charge in [-0.25, -0.2) is 4.79 Å². The van der Waals surface area contributed by atoms with Crippen LogP contribution in [0.3, 0.4) is 0 Å². The van der Waals surface area contributed by atoms with Crippen LogP contribution in [0.25, 0.3) is 0 Å². The first-order valence-corrected chi connectivity index (χ1v) is 4.65. The third kappa shape index (κ3) is 3.22. The molecule has 13 heavy (non-hydrogen) atoms. The summed E-state index contributed by atoms with van der Waals surface area (Å²) in [4.78, 5) is 14.8. The average molecular weight is 184 g/mol. The second-order valence-corrected chi connectivity index (χ2v) is 3.81. The van der Waals surface area contributed by atoms with Gasteiger partial charge in [0.15, 0.2) is 0 Å². The standard InChI is InChI=1S/C9H18N3O/c1-8(2)7-11-3-5-12(6-4-11)9(10)13/h3-7H2,1-2H3,(H2,10,13). The molecule has 1 aliphatic rings. The Morgan fingerprint density at radius 3 is 2.15 bits per heavy atom. The fourth-order valence-electron chi connectivity index (χ4n) is 1.57. The van der Waals surface area contributed by atoms with Crippen molar-refractivity contribution in [3.05, 3.63) is 5.92 Å². The molecular weight excluding hydrogens is 166 g/mol. The first-order chi connectivity index (χ1) is 6.09. The van der Waals surface area contributed by atoms with E-state index < -0.39 is 0 Å². The Hall–Kier alpha value is -0.770.